The summed E-state index contributed by atoms with van der Waals surface area (Å²) in [6.07, 6.45) is 3.76. The number of rotatable bonds is 3. The second kappa shape index (κ2) is 6.71. The molecule has 0 aliphatic heterocycles. The molecule has 0 N–H and O–H groups in total. The van der Waals surface area contributed by atoms with Gasteiger partial charge in [-0.15, -0.1) is 0 Å². The van der Waals surface area contributed by atoms with Crippen molar-refractivity contribution in [3.05, 3.63) is 88.5 Å². The quantitative estimate of drug-likeness (QED) is 0.405. The van der Waals surface area contributed by atoms with Gasteiger partial charge in [-0.2, -0.15) is 0 Å². The Bertz CT molecular complexity index is 1070. The molecule has 0 aliphatic carbocycles. The smallest absolute Gasteiger partial charge is 0.165 e. The molecular formula is C20H13Cl2N3. The van der Waals surface area contributed by atoms with Crippen LogP contribution in [0.4, 0.5) is 5.82 Å². The number of benzene rings is 2. The van der Waals surface area contributed by atoms with Crippen molar-refractivity contribution in [2.24, 2.45) is 4.99 Å². The Morgan fingerprint density at radius 3 is 2.52 bits per heavy atom. The first-order valence-electron chi connectivity index (χ1n) is 7.74. The number of aliphatic imine (C=N–C) groups is 1. The van der Waals surface area contributed by atoms with Crippen molar-refractivity contribution in [3.63, 3.8) is 0 Å². The Kier molecular flexibility index (Phi) is 4.26. The van der Waals surface area contributed by atoms with E-state index in [2.05, 4.69) is 4.99 Å². The van der Waals surface area contributed by atoms with Crippen molar-refractivity contribution >= 4 is 40.9 Å². The third-order valence-corrected chi connectivity index (χ3v) is 4.37. The molecule has 2 heterocycles. The van der Waals surface area contributed by atoms with Crippen LogP contribution in [-0.4, -0.2) is 15.6 Å². The van der Waals surface area contributed by atoms with E-state index >= 15 is 0 Å². The standard InChI is InChI=1S/C20H13Cl2N3/c21-15-9-10-16(17(22)12-15)19-20(23-13-14-6-2-1-3-7-14)25-11-5-4-8-18(25)24-19/h1-13H/b23-13+. The van der Waals surface area contributed by atoms with Crippen molar-refractivity contribution in [2.75, 3.05) is 0 Å². The van der Waals surface area contributed by atoms with Gasteiger partial charge in [-0.3, -0.25) is 4.40 Å². The van der Waals surface area contributed by atoms with Gasteiger partial charge < -0.3 is 0 Å². The van der Waals surface area contributed by atoms with Crippen molar-refractivity contribution < 1.29 is 0 Å². The molecule has 0 aliphatic rings. The molecule has 2 aromatic heterocycles. The highest BCUT2D eigenvalue weighted by atomic mass is 35.5. The van der Waals surface area contributed by atoms with Gasteiger partial charge in [0.2, 0.25) is 0 Å². The van der Waals surface area contributed by atoms with Gasteiger partial charge in [-0.25, -0.2) is 9.98 Å². The van der Waals surface area contributed by atoms with Crippen LogP contribution in [-0.2, 0) is 0 Å². The summed E-state index contributed by atoms with van der Waals surface area (Å²) in [6.45, 7) is 0. The summed E-state index contributed by atoms with van der Waals surface area (Å²) < 4.78 is 1.94. The van der Waals surface area contributed by atoms with Crippen LogP contribution in [0.2, 0.25) is 10.0 Å². The third kappa shape index (κ3) is 3.16. The molecule has 4 rings (SSSR count). The van der Waals surface area contributed by atoms with E-state index in [1.54, 1.807) is 12.1 Å². The van der Waals surface area contributed by atoms with E-state index in [1.807, 2.05) is 71.4 Å². The van der Waals surface area contributed by atoms with Crippen LogP contribution in [0.5, 0.6) is 0 Å². The van der Waals surface area contributed by atoms with Crippen molar-refractivity contribution in [2.45, 2.75) is 0 Å². The monoisotopic (exact) mass is 365 g/mol. The fourth-order valence-corrected chi connectivity index (χ4v) is 3.14. The molecule has 0 atom stereocenters. The lowest BCUT2D eigenvalue weighted by atomic mass is 10.1. The SMILES string of the molecule is Clc1ccc(-c2nc3ccccn3c2/N=C/c2ccccc2)c(Cl)c1. The minimum atomic E-state index is 0.548. The topological polar surface area (TPSA) is 29.7 Å². The third-order valence-electron chi connectivity index (χ3n) is 3.83. The zero-order valence-electron chi connectivity index (χ0n) is 13.1. The number of imidazole rings is 1. The van der Waals surface area contributed by atoms with E-state index in [1.165, 1.54) is 0 Å². The van der Waals surface area contributed by atoms with Crippen LogP contribution in [0.15, 0.2) is 77.9 Å². The van der Waals surface area contributed by atoms with E-state index in [4.69, 9.17) is 28.2 Å². The minimum Gasteiger partial charge on any atom is -0.284 e. The van der Waals surface area contributed by atoms with Crippen LogP contribution < -0.4 is 0 Å². The summed E-state index contributed by atoms with van der Waals surface area (Å²) >= 11 is 12.4. The first-order valence-corrected chi connectivity index (χ1v) is 8.49. The largest absolute Gasteiger partial charge is 0.284 e. The lowest BCUT2D eigenvalue weighted by Crippen LogP contribution is -1.85. The molecule has 0 amide bonds. The fourth-order valence-electron chi connectivity index (χ4n) is 2.64. The van der Waals surface area contributed by atoms with Crippen LogP contribution in [0.3, 0.4) is 0 Å². The maximum Gasteiger partial charge on any atom is 0.165 e. The van der Waals surface area contributed by atoms with Crippen LogP contribution in [0.1, 0.15) is 5.56 Å². The maximum absolute atomic E-state index is 6.40. The number of fused-ring (bicyclic) bond motifs is 1. The molecule has 2 aromatic carbocycles. The van der Waals surface area contributed by atoms with Crippen LogP contribution in [0.25, 0.3) is 16.9 Å². The molecule has 0 spiro atoms. The van der Waals surface area contributed by atoms with Gasteiger partial charge in [0, 0.05) is 23.0 Å². The first kappa shape index (κ1) is 15.9. The second-order valence-corrected chi connectivity index (χ2v) is 6.35. The molecule has 5 heteroatoms. The molecule has 0 fully saturated rings. The zero-order chi connectivity index (χ0) is 17.2. The molecule has 122 valence electrons. The number of nitrogens with zero attached hydrogens (tertiary/aromatic N) is 3. The van der Waals surface area contributed by atoms with Gasteiger partial charge in [0.15, 0.2) is 5.82 Å². The zero-order valence-corrected chi connectivity index (χ0v) is 14.6. The minimum absolute atomic E-state index is 0.548. The molecule has 0 unspecified atom stereocenters. The Morgan fingerprint density at radius 2 is 1.72 bits per heavy atom. The highest BCUT2D eigenvalue weighted by molar-refractivity contribution is 6.36. The Morgan fingerprint density at radius 1 is 0.920 bits per heavy atom. The van der Waals surface area contributed by atoms with Crippen LogP contribution in [0, 0.1) is 0 Å². The van der Waals surface area contributed by atoms with Gasteiger partial charge in [0.25, 0.3) is 0 Å². The Labute approximate surface area is 155 Å². The normalized spacial score (nSPS) is 11.4. The molecule has 4 aromatic rings. The Hall–Kier alpha value is -2.62. The first-order chi connectivity index (χ1) is 12.2. The second-order valence-electron chi connectivity index (χ2n) is 5.51. The lowest BCUT2D eigenvalue weighted by molar-refractivity contribution is 1.17. The number of aromatic nitrogens is 2. The number of hydrogen-bond acceptors (Lipinski definition) is 2. The van der Waals surface area contributed by atoms with Gasteiger partial charge in [0.1, 0.15) is 11.3 Å². The summed E-state index contributed by atoms with van der Waals surface area (Å²) in [7, 11) is 0. The maximum atomic E-state index is 6.40. The van der Waals surface area contributed by atoms with E-state index in [0.29, 0.717) is 10.0 Å². The summed E-state index contributed by atoms with van der Waals surface area (Å²) in [5.41, 5.74) is 3.35. The average molecular weight is 366 g/mol. The Balaban J connectivity index is 1.91. The summed E-state index contributed by atoms with van der Waals surface area (Å²) in [5.74, 6) is 0.726. The number of hydrogen-bond donors (Lipinski definition) is 0. The van der Waals surface area contributed by atoms with E-state index < -0.39 is 0 Å². The average Bonchev–Trinajstić information content (AvgIpc) is 2.99. The predicted molar refractivity (Wildman–Crippen MR) is 104 cm³/mol. The van der Waals surface area contributed by atoms with E-state index in [0.717, 1.165) is 28.3 Å². The molecule has 25 heavy (non-hydrogen) atoms. The molecule has 0 saturated carbocycles. The molecule has 3 nitrogen and oxygen atoms in total. The van der Waals surface area contributed by atoms with Gasteiger partial charge in [-0.05, 0) is 35.9 Å². The highest BCUT2D eigenvalue weighted by Gasteiger charge is 2.15. The molecule has 0 radical (unpaired) electrons. The van der Waals surface area contributed by atoms with Gasteiger partial charge in [-0.1, -0.05) is 59.6 Å². The summed E-state index contributed by atoms with van der Waals surface area (Å²) in [4.78, 5) is 9.40. The summed E-state index contributed by atoms with van der Waals surface area (Å²) in [5, 5.41) is 1.14. The number of halogens is 2. The molecular weight excluding hydrogens is 353 g/mol. The molecule has 0 saturated heterocycles. The van der Waals surface area contributed by atoms with Gasteiger partial charge in [0.05, 0.1) is 5.02 Å². The predicted octanol–water partition coefficient (Wildman–Crippen LogP) is 6.06. The van der Waals surface area contributed by atoms with E-state index in [9.17, 15) is 0 Å². The lowest BCUT2D eigenvalue weighted by Gasteiger charge is -2.03. The molecule has 0 bridgehead atoms. The van der Waals surface area contributed by atoms with Crippen molar-refractivity contribution in [1.29, 1.82) is 0 Å². The van der Waals surface area contributed by atoms with Crippen LogP contribution >= 0.6 is 23.2 Å². The summed E-state index contributed by atoms with van der Waals surface area (Å²) in [6, 6.07) is 21.2. The van der Waals surface area contributed by atoms with E-state index in [-0.39, 0.29) is 0 Å². The van der Waals surface area contributed by atoms with Gasteiger partial charge >= 0.3 is 0 Å². The fraction of sp³-hybridized carbons (Fsp3) is 0. The van der Waals surface area contributed by atoms with Crippen molar-refractivity contribution in [3.8, 4) is 11.3 Å². The van der Waals surface area contributed by atoms with Crippen molar-refractivity contribution in [1.82, 2.24) is 9.38 Å². The highest BCUT2D eigenvalue weighted by Crippen LogP contribution is 2.36. The number of pyridine rings is 1.